The van der Waals surface area contributed by atoms with Crippen molar-refractivity contribution < 1.29 is 14.7 Å². The minimum Gasteiger partial charge on any atom is -0.390 e. The Morgan fingerprint density at radius 2 is 1.78 bits per heavy atom. The molecule has 2 amide bonds. The van der Waals surface area contributed by atoms with E-state index in [-0.39, 0.29) is 23.7 Å². The number of β-amino-alcohol motifs (C(OH)–C–C–N with tert-alkyl or cyclic N) is 1. The fourth-order valence-corrected chi connectivity index (χ4v) is 6.49. The van der Waals surface area contributed by atoms with Gasteiger partial charge in [-0.15, -0.1) is 0 Å². The van der Waals surface area contributed by atoms with Gasteiger partial charge in [0.15, 0.2) is 0 Å². The first kappa shape index (κ1) is 25.8. The average molecular weight is 511 g/mol. The molecule has 2 unspecified atom stereocenters. The highest BCUT2D eigenvalue weighted by atomic mass is 16.3. The van der Waals surface area contributed by atoms with Gasteiger partial charge in [-0.05, 0) is 57.4 Å². The third kappa shape index (κ3) is 5.13. The number of fused-ring (bicyclic) bond motifs is 3. The number of nitrogens with zero attached hydrogens (tertiary/aromatic N) is 5. The topological polar surface area (TPSA) is 103 Å². The lowest BCUT2D eigenvalue weighted by atomic mass is 9.97. The zero-order valence-electron chi connectivity index (χ0n) is 22.0. The minimum absolute atomic E-state index is 0.0124. The quantitative estimate of drug-likeness (QED) is 0.486. The van der Waals surface area contributed by atoms with Crippen molar-refractivity contribution in [3.63, 3.8) is 0 Å². The Hall–Kier alpha value is -2.87. The van der Waals surface area contributed by atoms with E-state index in [1.165, 1.54) is 4.57 Å². The van der Waals surface area contributed by atoms with E-state index in [9.17, 15) is 19.5 Å². The molecule has 1 aromatic rings. The molecule has 10 nitrogen and oxygen atoms in total. The first-order valence-corrected chi connectivity index (χ1v) is 13.5. The van der Waals surface area contributed by atoms with Crippen molar-refractivity contribution >= 4 is 23.7 Å². The van der Waals surface area contributed by atoms with Crippen LogP contribution < -0.4 is 21.7 Å². The SMILES string of the molecule is CC(=O)N1CCN(C[C@H](O)CN2C3CCC2CC(NC(=O)n2c4c(n(C(C)C)c2=O)=C=C=CC=4)C3)CC1. The van der Waals surface area contributed by atoms with Crippen LogP contribution in [-0.4, -0.2) is 104 Å². The third-order valence-electron chi connectivity index (χ3n) is 8.28. The fourth-order valence-electron chi connectivity index (χ4n) is 6.49. The second-order valence-electron chi connectivity index (χ2n) is 11.1. The van der Waals surface area contributed by atoms with Crippen LogP contribution in [0.3, 0.4) is 0 Å². The molecule has 3 fully saturated rings. The number of aliphatic hydroxyl groups excluding tert-OH is 1. The molecule has 3 atom stereocenters. The third-order valence-corrected chi connectivity index (χ3v) is 8.28. The molecule has 0 radical (unpaired) electrons. The van der Waals surface area contributed by atoms with Gasteiger partial charge in [0.05, 0.1) is 11.5 Å². The number of hydrogen-bond donors (Lipinski definition) is 2. The van der Waals surface area contributed by atoms with E-state index in [0.29, 0.717) is 49.0 Å². The van der Waals surface area contributed by atoms with Crippen molar-refractivity contribution in [2.24, 2.45) is 0 Å². The molecule has 3 aliphatic heterocycles. The molecule has 0 aromatic carbocycles. The van der Waals surface area contributed by atoms with E-state index >= 15 is 0 Å². The Labute approximate surface area is 216 Å². The van der Waals surface area contributed by atoms with Crippen LogP contribution in [0.5, 0.6) is 0 Å². The van der Waals surface area contributed by atoms with Gasteiger partial charge in [-0.2, -0.15) is 0 Å². The maximum absolute atomic E-state index is 13.3. The number of hydrogen-bond acceptors (Lipinski definition) is 6. The number of allylic oxidation sites excluding steroid dienone is 1. The van der Waals surface area contributed by atoms with Crippen molar-refractivity contribution in [1.29, 1.82) is 0 Å². The van der Waals surface area contributed by atoms with Gasteiger partial charge in [-0.3, -0.25) is 19.2 Å². The zero-order chi connectivity index (χ0) is 26.3. The second kappa shape index (κ2) is 10.5. The summed E-state index contributed by atoms with van der Waals surface area (Å²) >= 11 is 0. The molecule has 37 heavy (non-hydrogen) atoms. The van der Waals surface area contributed by atoms with Crippen LogP contribution in [0.15, 0.2) is 16.6 Å². The molecule has 4 heterocycles. The highest BCUT2D eigenvalue weighted by Crippen LogP contribution is 2.35. The van der Waals surface area contributed by atoms with Crippen molar-refractivity contribution in [3.05, 3.63) is 33.0 Å². The lowest BCUT2D eigenvalue weighted by molar-refractivity contribution is -0.130. The van der Waals surface area contributed by atoms with Crippen molar-refractivity contribution in [2.45, 2.75) is 76.7 Å². The number of imidazole rings is 1. The first-order chi connectivity index (χ1) is 17.7. The van der Waals surface area contributed by atoms with Crippen LogP contribution >= 0.6 is 0 Å². The van der Waals surface area contributed by atoms with Crippen LogP contribution in [0.2, 0.25) is 0 Å². The summed E-state index contributed by atoms with van der Waals surface area (Å²) in [5, 5.41) is 15.1. The Morgan fingerprint density at radius 3 is 2.41 bits per heavy atom. The summed E-state index contributed by atoms with van der Waals surface area (Å²) in [7, 11) is 0. The van der Waals surface area contributed by atoms with Crippen LogP contribution in [0.1, 0.15) is 52.5 Å². The highest BCUT2D eigenvalue weighted by Gasteiger charge is 2.42. The normalized spacial score (nSPS) is 26.1. The van der Waals surface area contributed by atoms with Crippen molar-refractivity contribution in [3.8, 4) is 0 Å². The van der Waals surface area contributed by atoms with Gasteiger partial charge < -0.3 is 15.3 Å². The number of rotatable bonds is 6. The van der Waals surface area contributed by atoms with Crippen LogP contribution in [-0.2, 0) is 4.79 Å². The van der Waals surface area contributed by atoms with Gasteiger partial charge in [0.25, 0.3) is 0 Å². The number of carbonyl (C=O) groups is 2. The van der Waals surface area contributed by atoms with E-state index in [1.54, 1.807) is 23.6 Å². The van der Waals surface area contributed by atoms with Crippen molar-refractivity contribution in [1.82, 2.24) is 29.2 Å². The number of aromatic nitrogens is 2. The van der Waals surface area contributed by atoms with Gasteiger partial charge in [-0.1, -0.05) is 5.73 Å². The van der Waals surface area contributed by atoms with Gasteiger partial charge in [0, 0.05) is 70.4 Å². The second-order valence-corrected chi connectivity index (χ2v) is 11.1. The highest BCUT2D eigenvalue weighted by molar-refractivity contribution is 5.77. The Morgan fingerprint density at radius 1 is 1.11 bits per heavy atom. The van der Waals surface area contributed by atoms with E-state index in [0.717, 1.165) is 38.8 Å². The van der Waals surface area contributed by atoms with Gasteiger partial charge >= 0.3 is 11.7 Å². The molecule has 1 aliphatic carbocycles. The summed E-state index contributed by atoms with van der Waals surface area (Å²) in [6, 6.07) is 0.118. The van der Waals surface area contributed by atoms with E-state index in [4.69, 9.17) is 0 Å². The Kier molecular flexibility index (Phi) is 7.30. The monoisotopic (exact) mass is 510 g/mol. The van der Waals surface area contributed by atoms with Gasteiger partial charge in [0.2, 0.25) is 5.91 Å². The summed E-state index contributed by atoms with van der Waals surface area (Å²) in [5.74, 6) is 0.110. The molecule has 0 spiro atoms. The summed E-state index contributed by atoms with van der Waals surface area (Å²) in [6.07, 6.45) is 6.68. The van der Waals surface area contributed by atoms with E-state index < -0.39 is 12.1 Å². The number of amides is 2. The fraction of sp³-hybridized carbons (Fsp3) is 0.667. The molecule has 2 bridgehead atoms. The molecule has 200 valence electrons. The molecule has 3 saturated heterocycles. The molecule has 1 aromatic heterocycles. The van der Waals surface area contributed by atoms with Crippen LogP contribution in [0.25, 0.3) is 11.8 Å². The summed E-state index contributed by atoms with van der Waals surface area (Å²) < 4.78 is 2.81. The van der Waals surface area contributed by atoms with E-state index in [2.05, 4.69) is 26.6 Å². The standard InChI is InChI=1S/C27H38N6O4/c1-18(2)32-24-6-4-5-7-25(24)33(27(32)37)26(36)28-20-14-21-8-9-22(15-20)31(21)17-23(35)16-29-10-12-30(13-11-29)19(3)34/h5,7,18,20-23,35H,8-17H2,1-3H3,(H,28,36)/t20?,21?,22?,23-/m0/s1. The number of piperidine rings is 1. The summed E-state index contributed by atoms with van der Waals surface area (Å²) in [5.41, 5.74) is 5.52. The Bertz CT molecular complexity index is 1290. The minimum atomic E-state index is -0.452. The van der Waals surface area contributed by atoms with E-state index in [1.807, 2.05) is 18.7 Å². The molecule has 5 rings (SSSR count). The lowest BCUT2D eigenvalue weighted by Gasteiger charge is -2.41. The lowest BCUT2D eigenvalue weighted by Crippen LogP contribution is -2.56. The number of piperazine rings is 1. The maximum atomic E-state index is 13.3. The average Bonchev–Trinajstić information content (AvgIpc) is 3.27. The van der Waals surface area contributed by atoms with Crippen molar-refractivity contribution in [2.75, 3.05) is 39.3 Å². The Balaban J connectivity index is 1.19. The number of nitrogens with one attached hydrogen (secondary N) is 1. The van der Waals surface area contributed by atoms with Gasteiger partial charge in [-0.25, -0.2) is 14.2 Å². The first-order valence-electron chi connectivity index (χ1n) is 13.5. The number of carbonyl (C=O) groups excluding carboxylic acids is 2. The predicted molar refractivity (Wildman–Crippen MR) is 139 cm³/mol. The number of aliphatic hydroxyl groups is 1. The summed E-state index contributed by atoms with van der Waals surface area (Å²) in [4.78, 5) is 44.5. The smallest absolute Gasteiger partial charge is 0.338 e. The van der Waals surface area contributed by atoms with Crippen LogP contribution in [0.4, 0.5) is 4.79 Å². The molecular weight excluding hydrogens is 472 g/mol. The molecule has 4 aliphatic rings. The van der Waals surface area contributed by atoms with Crippen LogP contribution in [0, 0.1) is 0 Å². The predicted octanol–water partition coefficient (Wildman–Crippen LogP) is -0.806. The molecule has 2 N–H and O–H groups in total. The molecular formula is C27H38N6O4. The van der Waals surface area contributed by atoms with Gasteiger partial charge in [0.1, 0.15) is 5.35 Å². The zero-order valence-corrected chi connectivity index (χ0v) is 22.0. The molecule has 10 heteroatoms. The molecule has 0 saturated carbocycles. The maximum Gasteiger partial charge on any atom is 0.338 e. The summed E-state index contributed by atoms with van der Waals surface area (Å²) in [6.45, 7) is 9.68. The largest absolute Gasteiger partial charge is 0.390 e.